The number of nitrogens with zero attached hydrogens (tertiary/aromatic N) is 3. The lowest BCUT2D eigenvalue weighted by Gasteiger charge is -2.26. The van der Waals surface area contributed by atoms with Crippen molar-refractivity contribution in [1.29, 1.82) is 0 Å². The number of aromatic nitrogens is 2. The van der Waals surface area contributed by atoms with Crippen molar-refractivity contribution < 1.29 is 32.3 Å². The van der Waals surface area contributed by atoms with Crippen molar-refractivity contribution >= 4 is 23.3 Å². The van der Waals surface area contributed by atoms with E-state index in [2.05, 4.69) is 14.9 Å². The summed E-state index contributed by atoms with van der Waals surface area (Å²) in [6.45, 7) is 3.53. The van der Waals surface area contributed by atoms with Gasteiger partial charge in [0.2, 0.25) is 5.78 Å². The molecule has 1 aromatic heterocycles. The first-order chi connectivity index (χ1) is 16.0. The highest BCUT2D eigenvalue weighted by molar-refractivity contribution is 6.48. The minimum absolute atomic E-state index is 0.0452. The first kappa shape index (κ1) is 23.1. The normalized spacial score (nSPS) is 18.3. The third-order valence-corrected chi connectivity index (χ3v) is 5.41. The van der Waals surface area contributed by atoms with Crippen LogP contribution in [0.5, 0.6) is 5.75 Å². The van der Waals surface area contributed by atoms with Crippen LogP contribution in [-0.4, -0.2) is 34.0 Å². The molecule has 2 heterocycles. The molecule has 174 valence electrons. The lowest BCUT2D eigenvalue weighted by Crippen LogP contribution is -2.31. The number of carbonyl (C=O) groups excluding carboxylic acids is 3. The predicted molar refractivity (Wildman–Crippen MR) is 114 cm³/mol. The molecule has 3 aromatic rings. The number of hydrogen-bond acceptors (Lipinski definition) is 6. The molecule has 1 aliphatic rings. The number of hydrogen-bond donors (Lipinski definition) is 0. The average Bonchev–Trinajstić information content (AvgIpc) is 3.04. The van der Waals surface area contributed by atoms with E-state index in [1.165, 1.54) is 18.2 Å². The molecule has 1 unspecified atom stereocenters. The molecule has 1 saturated heterocycles. The van der Waals surface area contributed by atoms with Crippen LogP contribution >= 0.6 is 0 Å². The lowest BCUT2D eigenvalue weighted by atomic mass is 9.86. The number of Topliss-reactive ketones (excluding diaryl/α,β-unsaturated/α-hetero) is 2. The molecule has 7 nitrogen and oxygen atoms in total. The Morgan fingerprint density at radius 1 is 0.912 bits per heavy atom. The molecular weight excluding hydrogens is 451 g/mol. The van der Waals surface area contributed by atoms with Crippen LogP contribution in [0.15, 0.2) is 60.7 Å². The maximum absolute atomic E-state index is 13.4. The van der Waals surface area contributed by atoms with Gasteiger partial charge in [0.05, 0.1) is 11.7 Å². The van der Waals surface area contributed by atoms with Gasteiger partial charge in [0.1, 0.15) is 11.7 Å². The lowest BCUT2D eigenvalue weighted by molar-refractivity contribution is -0.274. The van der Waals surface area contributed by atoms with Crippen LogP contribution < -0.4 is 9.64 Å². The molecule has 0 spiro atoms. The highest BCUT2D eigenvalue weighted by Gasteiger charge is 2.53. The standard InChI is InChI=1S/C24H18F3N3O4/c1-13-3-6-16(7-4-13)21(31)19-20(15-8-10-17(11-9-15)34-24(25,26)27)30(23(33)22(19)32)18-12-5-14(2)28-29-18/h3-12,19-20H,1-2H3/t19?,20-/m1/s1. The van der Waals surface area contributed by atoms with Crippen LogP contribution in [0, 0.1) is 19.8 Å². The maximum Gasteiger partial charge on any atom is 0.573 e. The first-order valence-corrected chi connectivity index (χ1v) is 10.2. The fourth-order valence-corrected chi connectivity index (χ4v) is 3.81. The molecule has 4 rings (SSSR count). The summed E-state index contributed by atoms with van der Waals surface area (Å²) in [5, 5.41) is 7.90. The summed E-state index contributed by atoms with van der Waals surface area (Å²) in [6, 6.07) is 13.1. The number of benzene rings is 2. The van der Waals surface area contributed by atoms with E-state index in [4.69, 9.17) is 0 Å². The maximum atomic E-state index is 13.4. The van der Waals surface area contributed by atoms with Crippen LogP contribution in [0.25, 0.3) is 0 Å². The second-order valence-corrected chi connectivity index (χ2v) is 7.84. The molecule has 34 heavy (non-hydrogen) atoms. The third kappa shape index (κ3) is 4.52. The van der Waals surface area contributed by atoms with Crippen molar-refractivity contribution in [3.05, 3.63) is 83.0 Å². The molecule has 2 atom stereocenters. The Labute approximate surface area is 192 Å². The van der Waals surface area contributed by atoms with E-state index >= 15 is 0 Å². The number of amides is 1. The molecule has 0 bridgehead atoms. The number of carbonyl (C=O) groups is 3. The van der Waals surface area contributed by atoms with E-state index in [1.54, 1.807) is 37.3 Å². The van der Waals surface area contributed by atoms with E-state index in [0.29, 0.717) is 5.69 Å². The molecule has 1 fully saturated rings. The molecule has 1 aliphatic heterocycles. The Morgan fingerprint density at radius 3 is 2.12 bits per heavy atom. The smallest absolute Gasteiger partial charge is 0.406 e. The monoisotopic (exact) mass is 469 g/mol. The quantitative estimate of drug-likeness (QED) is 0.317. The highest BCUT2D eigenvalue weighted by Crippen LogP contribution is 2.41. The van der Waals surface area contributed by atoms with Crippen molar-refractivity contribution in [2.45, 2.75) is 26.3 Å². The molecule has 0 saturated carbocycles. The molecule has 0 N–H and O–H groups in total. The van der Waals surface area contributed by atoms with Gasteiger partial charge in [0.15, 0.2) is 11.6 Å². The summed E-state index contributed by atoms with van der Waals surface area (Å²) >= 11 is 0. The zero-order valence-electron chi connectivity index (χ0n) is 18.0. The van der Waals surface area contributed by atoms with Crippen molar-refractivity contribution in [2.24, 2.45) is 5.92 Å². The zero-order valence-corrected chi connectivity index (χ0v) is 18.0. The van der Waals surface area contributed by atoms with Gasteiger partial charge in [0.25, 0.3) is 5.91 Å². The van der Waals surface area contributed by atoms with Crippen LogP contribution in [0.1, 0.15) is 33.2 Å². The van der Waals surface area contributed by atoms with Crippen LogP contribution in [0.2, 0.25) is 0 Å². The summed E-state index contributed by atoms with van der Waals surface area (Å²) < 4.78 is 41.6. The predicted octanol–water partition coefficient (Wildman–Crippen LogP) is 4.15. The summed E-state index contributed by atoms with van der Waals surface area (Å²) in [5.74, 6) is -4.33. The summed E-state index contributed by atoms with van der Waals surface area (Å²) in [7, 11) is 0. The number of halogens is 3. The van der Waals surface area contributed by atoms with Gasteiger partial charge in [-0.15, -0.1) is 18.3 Å². The number of rotatable bonds is 5. The fourth-order valence-electron chi connectivity index (χ4n) is 3.81. The van der Waals surface area contributed by atoms with Crippen molar-refractivity contribution in [3.63, 3.8) is 0 Å². The van der Waals surface area contributed by atoms with Crippen LogP contribution in [-0.2, 0) is 9.59 Å². The van der Waals surface area contributed by atoms with E-state index in [-0.39, 0.29) is 16.9 Å². The number of alkyl halides is 3. The molecule has 0 radical (unpaired) electrons. The van der Waals surface area contributed by atoms with Gasteiger partial charge in [-0.05, 0) is 43.7 Å². The average molecular weight is 469 g/mol. The number of aryl methyl sites for hydroxylation is 2. The second kappa shape index (κ2) is 8.69. The Kier molecular flexibility index (Phi) is 5.90. The van der Waals surface area contributed by atoms with Crippen molar-refractivity contribution in [2.75, 3.05) is 4.90 Å². The zero-order chi connectivity index (χ0) is 24.6. The Balaban J connectivity index is 1.80. The minimum atomic E-state index is -4.88. The number of ketones is 2. The van der Waals surface area contributed by atoms with E-state index in [1.807, 2.05) is 6.92 Å². The number of ether oxygens (including phenoxy) is 1. The molecule has 1 amide bonds. The van der Waals surface area contributed by atoms with Crippen LogP contribution in [0.3, 0.4) is 0 Å². The molecular formula is C24H18F3N3O4. The third-order valence-electron chi connectivity index (χ3n) is 5.41. The van der Waals surface area contributed by atoms with Crippen molar-refractivity contribution in [3.8, 4) is 5.75 Å². The van der Waals surface area contributed by atoms with Crippen molar-refractivity contribution in [1.82, 2.24) is 10.2 Å². The van der Waals surface area contributed by atoms with Gasteiger partial charge in [0, 0.05) is 5.56 Å². The summed E-state index contributed by atoms with van der Waals surface area (Å²) in [4.78, 5) is 40.5. The van der Waals surface area contributed by atoms with Gasteiger partial charge in [-0.2, -0.15) is 5.10 Å². The molecule has 2 aromatic carbocycles. The Morgan fingerprint density at radius 2 is 1.56 bits per heavy atom. The van der Waals surface area contributed by atoms with Gasteiger partial charge in [-0.1, -0.05) is 42.0 Å². The largest absolute Gasteiger partial charge is 0.573 e. The fraction of sp³-hybridized carbons (Fsp3) is 0.208. The first-order valence-electron chi connectivity index (χ1n) is 10.2. The van der Waals surface area contributed by atoms with E-state index < -0.39 is 41.5 Å². The highest BCUT2D eigenvalue weighted by atomic mass is 19.4. The summed E-state index contributed by atoms with van der Waals surface area (Å²) in [5.41, 5.74) is 1.97. The number of anilines is 1. The Hall–Kier alpha value is -4.08. The molecule has 10 heteroatoms. The van der Waals surface area contributed by atoms with Gasteiger partial charge >= 0.3 is 6.36 Å². The van der Waals surface area contributed by atoms with Gasteiger partial charge in [-0.25, -0.2) is 0 Å². The SMILES string of the molecule is Cc1ccc(C(=O)C2C(=O)C(=O)N(c3ccc(C)nn3)[C@@H]2c2ccc(OC(F)(F)F)cc2)cc1. The second-order valence-electron chi connectivity index (χ2n) is 7.84. The van der Waals surface area contributed by atoms with Gasteiger partial charge in [-0.3, -0.25) is 19.3 Å². The van der Waals surface area contributed by atoms with Gasteiger partial charge < -0.3 is 4.74 Å². The minimum Gasteiger partial charge on any atom is -0.406 e. The topological polar surface area (TPSA) is 89.5 Å². The van der Waals surface area contributed by atoms with Crippen LogP contribution in [0.4, 0.5) is 19.0 Å². The Bertz CT molecular complexity index is 1240. The van der Waals surface area contributed by atoms with E-state index in [0.717, 1.165) is 22.6 Å². The molecule has 0 aliphatic carbocycles. The van der Waals surface area contributed by atoms with E-state index in [9.17, 15) is 27.6 Å². The summed E-state index contributed by atoms with van der Waals surface area (Å²) in [6.07, 6.45) is -4.88.